The average Bonchev–Trinajstić information content (AvgIpc) is 2.63. The molecule has 0 radical (unpaired) electrons. The first-order valence-electron chi connectivity index (χ1n) is 8.03. The van der Waals surface area contributed by atoms with E-state index in [0.29, 0.717) is 5.82 Å². The number of hydrogen-bond donors (Lipinski definition) is 1. The minimum absolute atomic E-state index is 0.209. The van der Waals surface area contributed by atoms with Crippen LogP contribution in [0.5, 0.6) is 0 Å². The zero-order valence-corrected chi connectivity index (χ0v) is 13.5. The number of anilines is 1. The first-order chi connectivity index (χ1) is 11.7. The highest BCUT2D eigenvalue weighted by Gasteiger charge is 2.18. The molecule has 1 aromatic carbocycles. The summed E-state index contributed by atoms with van der Waals surface area (Å²) in [5, 5.41) is 0. The van der Waals surface area contributed by atoms with E-state index in [1.54, 1.807) is 6.20 Å². The van der Waals surface area contributed by atoms with Gasteiger partial charge in [0.25, 0.3) is 5.91 Å². The molecule has 0 atom stereocenters. The summed E-state index contributed by atoms with van der Waals surface area (Å²) in [7, 11) is 0. The smallest absolute Gasteiger partial charge is 0.268 e. The van der Waals surface area contributed by atoms with Crippen LogP contribution in [0.1, 0.15) is 16.1 Å². The Morgan fingerprint density at radius 2 is 1.88 bits per heavy atom. The summed E-state index contributed by atoms with van der Waals surface area (Å²) in [6.45, 7) is 4.53. The van der Waals surface area contributed by atoms with Crippen LogP contribution in [0.3, 0.4) is 0 Å². The van der Waals surface area contributed by atoms with Crippen molar-refractivity contribution in [2.24, 2.45) is 5.73 Å². The molecular weight excluding hydrogens is 302 g/mol. The number of amides is 1. The van der Waals surface area contributed by atoms with Crippen molar-refractivity contribution in [2.75, 3.05) is 37.6 Å². The summed E-state index contributed by atoms with van der Waals surface area (Å²) >= 11 is 0. The molecule has 1 saturated heterocycles. The lowest BCUT2D eigenvalue weighted by molar-refractivity contribution is 0.0995. The SMILES string of the molecule is NC(=O)c1cncc(N2CCN(CC=Cc3ccccc3)CC2)n1. The summed E-state index contributed by atoms with van der Waals surface area (Å²) in [5.41, 5.74) is 6.69. The molecule has 6 nitrogen and oxygen atoms in total. The normalized spacial score (nSPS) is 15.8. The third kappa shape index (κ3) is 4.17. The van der Waals surface area contributed by atoms with Gasteiger partial charge < -0.3 is 10.6 Å². The fraction of sp³-hybridized carbons (Fsp3) is 0.278. The van der Waals surface area contributed by atoms with Crippen LogP contribution < -0.4 is 10.6 Å². The Morgan fingerprint density at radius 3 is 2.58 bits per heavy atom. The maximum absolute atomic E-state index is 11.2. The molecule has 2 aromatic rings. The zero-order chi connectivity index (χ0) is 16.8. The molecule has 2 N–H and O–H groups in total. The number of hydrogen-bond acceptors (Lipinski definition) is 5. The van der Waals surface area contributed by atoms with E-state index in [1.807, 2.05) is 18.2 Å². The summed E-state index contributed by atoms with van der Waals surface area (Å²) in [4.78, 5) is 24.1. The molecule has 6 heteroatoms. The van der Waals surface area contributed by atoms with Crippen LogP contribution in [0.2, 0.25) is 0 Å². The number of aromatic nitrogens is 2. The van der Waals surface area contributed by atoms with E-state index in [9.17, 15) is 4.79 Å². The fourth-order valence-corrected chi connectivity index (χ4v) is 2.69. The number of carbonyl (C=O) groups excluding carboxylic acids is 1. The third-order valence-corrected chi connectivity index (χ3v) is 4.04. The summed E-state index contributed by atoms with van der Waals surface area (Å²) < 4.78 is 0. The van der Waals surface area contributed by atoms with Crippen molar-refractivity contribution in [3.63, 3.8) is 0 Å². The Morgan fingerprint density at radius 1 is 1.12 bits per heavy atom. The molecule has 24 heavy (non-hydrogen) atoms. The second-order valence-corrected chi connectivity index (χ2v) is 5.73. The molecule has 1 amide bonds. The van der Waals surface area contributed by atoms with Gasteiger partial charge in [-0.05, 0) is 5.56 Å². The highest BCUT2D eigenvalue weighted by Crippen LogP contribution is 2.13. The minimum atomic E-state index is -0.547. The monoisotopic (exact) mass is 323 g/mol. The van der Waals surface area contributed by atoms with E-state index in [-0.39, 0.29) is 5.69 Å². The van der Waals surface area contributed by atoms with E-state index in [0.717, 1.165) is 32.7 Å². The standard InChI is InChI=1S/C18H21N5O/c19-18(24)16-13-20-14-17(21-16)23-11-9-22(10-12-23)8-4-7-15-5-2-1-3-6-15/h1-7,13-14H,8-12H2,(H2,19,24). The van der Waals surface area contributed by atoms with Gasteiger partial charge in [-0.15, -0.1) is 0 Å². The lowest BCUT2D eigenvalue weighted by atomic mass is 10.2. The van der Waals surface area contributed by atoms with Crippen molar-refractivity contribution in [3.05, 3.63) is 60.1 Å². The van der Waals surface area contributed by atoms with Gasteiger partial charge >= 0.3 is 0 Å². The van der Waals surface area contributed by atoms with Gasteiger partial charge in [0, 0.05) is 32.7 Å². The molecule has 1 aromatic heterocycles. The second kappa shape index (κ2) is 7.70. The first kappa shape index (κ1) is 16.1. The molecule has 0 bridgehead atoms. The Bertz CT molecular complexity index is 708. The van der Waals surface area contributed by atoms with Gasteiger partial charge in [-0.25, -0.2) is 4.98 Å². The fourth-order valence-electron chi connectivity index (χ4n) is 2.69. The van der Waals surface area contributed by atoms with Gasteiger partial charge in [0.05, 0.1) is 12.4 Å². The number of benzene rings is 1. The quantitative estimate of drug-likeness (QED) is 0.900. The van der Waals surface area contributed by atoms with Gasteiger partial charge in [0.15, 0.2) is 0 Å². The molecule has 1 aliphatic heterocycles. The average molecular weight is 323 g/mol. The molecule has 124 valence electrons. The Balaban J connectivity index is 1.51. The molecule has 0 unspecified atom stereocenters. The van der Waals surface area contributed by atoms with Gasteiger partial charge in [0.2, 0.25) is 0 Å². The summed E-state index contributed by atoms with van der Waals surface area (Å²) in [6.07, 6.45) is 7.42. The van der Waals surface area contributed by atoms with E-state index in [1.165, 1.54) is 11.8 Å². The highest BCUT2D eigenvalue weighted by atomic mass is 16.1. The number of nitrogens with two attached hydrogens (primary N) is 1. The Labute approximate surface area is 141 Å². The van der Waals surface area contributed by atoms with Crippen molar-refractivity contribution < 1.29 is 4.79 Å². The molecule has 1 fully saturated rings. The van der Waals surface area contributed by atoms with E-state index < -0.39 is 5.91 Å². The predicted molar refractivity (Wildman–Crippen MR) is 94.7 cm³/mol. The van der Waals surface area contributed by atoms with Crippen molar-refractivity contribution in [1.29, 1.82) is 0 Å². The molecule has 2 heterocycles. The lowest BCUT2D eigenvalue weighted by Gasteiger charge is -2.34. The lowest BCUT2D eigenvalue weighted by Crippen LogP contribution is -2.46. The summed E-state index contributed by atoms with van der Waals surface area (Å²) in [6, 6.07) is 10.3. The number of rotatable bonds is 5. The second-order valence-electron chi connectivity index (χ2n) is 5.73. The molecule has 3 rings (SSSR count). The number of piperazine rings is 1. The van der Waals surface area contributed by atoms with Crippen LogP contribution in [-0.4, -0.2) is 53.5 Å². The van der Waals surface area contributed by atoms with Crippen LogP contribution in [0.25, 0.3) is 6.08 Å². The summed E-state index contributed by atoms with van der Waals surface area (Å²) in [5.74, 6) is 0.166. The van der Waals surface area contributed by atoms with E-state index in [4.69, 9.17) is 5.73 Å². The van der Waals surface area contributed by atoms with Crippen LogP contribution in [0.15, 0.2) is 48.8 Å². The number of carbonyl (C=O) groups is 1. The Kier molecular flexibility index (Phi) is 5.18. The van der Waals surface area contributed by atoms with Gasteiger partial charge in [-0.3, -0.25) is 14.7 Å². The maximum atomic E-state index is 11.2. The third-order valence-electron chi connectivity index (χ3n) is 4.04. The molecule has 0 spiro atoms. The van der Waals surface area contributed by atoms with Gasteiger partial charge in [-0.2, -0.15) is 0 Å². The maximum Gasteiger partial charge on any atom is 0.268 e. The molecule has 0 saturated carbocycles. The van der Waals surface area contributed by atoms with Crippen LogP contribution in [0, 0.1) is 0 Å². The Hall–Kier alpha value is -2.73. The number of primary amides is 1. The van der Waals surface area contributed by atoms with Crippen LogP contribution >= 0.6 is 0 Å². The first-order valence-corrected chi connectivity index (χ1v) is 8.03. The topological polar surface area (TPSA) is 75.4 Å². The largest absolute Gasteiger partial charge is 0.364 e. The van der Waals surface area contributed by atoms with Gasteiger partial charge in [-0.1, -0.05) is 42.5 Å². The number of nitrogens with zero attached hydrogens (tertiary/aromatic N) is 4. The highest BCUT2D eigenvalue weighted by molar-refractivity contribution is 5.90. The molecule has 1 aliphatic rings. The van der Waals surface area contributed by atoms with E-state index in [2.05, 4.69) is 44.1 Å². The molecular formula is C18H21N5O. The van der Waals surface area contributed by atoms with Crippen molar-refractivity contribution >= 4 is 17.8 Å². The van der Waals surface area contributed by atoms with Crippen LogP contribution in [0.4, 0.5) is 5.82 Å². The van der Waals surface area contributed by atoms with Gasteiger partial charge in [0.1, 0.15) is 11.5 Å². The van der Waals surface area contributed by atoms with Crippen molar-refractivity contribution in [2.45, 2.75) is 0 Å². The molecule has 0 aliphatic carbocycles. The zero-order valence-electron chi connectivity index (χ0n) is 13.5. The predicted octanol–water partition coefficient (Wildman–Crippen LogP) is 1.41. The van der Waals surface area contributed by atoms with Crippen molar-refractivity contribution in [3.8, 4) is 0 Å². The van der Waals surface area contributed by atoms with Crippen LogP contribution in [-0.2, 0) is 0 Å². The van der Waals surface area contributed by atoms with E-state index >= 15 is 0 Å². The minimum Gasteiger partial charge on any atom is -0.364 e. The van der Waals surface area contributed by atoms with Crippen molar-refractivity contribution in [1.82, 2.24) is 14.9 Å².